The first-order valence-corrected chi connectivity index (χ1v) is 18.9. The second-order valence-corrected chi connectivity index (χ2v) is 16.7. The highest BCUT2D eigenvalue weighted by molar-refractivity contribution is 7.58. The summed E-state index contributed by atoms with van der Waals surface area (Å²) in [6.45, 7) is 8.13. The Morgan fingerprint density at radius 3 is 0.841 bits per heavy atom. The van der Waals surface area contributed by atoms with Gasteiger partial charge in [0, 0.05) is 0 Å². The van der Waals surface area contributed by atoms with Gasteiger partial charge >= 0.3 is 0 Å². The number of para-hydroxylation sites is 2. The zero-order valence-corrected chi connectivity index (χ0v) is 27.7. The molecule has 5 aromatic carbocycles. The highest BCUT2D eigenvalue weighted by atomic mass is 31.2. The fraction of sp³-hybridized carbons (Fsp3) is 0.211. The smallest absolute Gasteiger partial charge is 0.256 e. The van der Waals surface area contributed by atoms with Gasteiger partial charge in [0.05, 0.1) is 24.6 Å². The summed E-state index contributed by atoms with van der Waals surface area (Å²) in [4.78, 5) is 0. The summed E-state index contributed by atoms with van der Waals surface area (Å²) in [6, 6.07) is 39.4. The molecule has 0 N–H and O–H groups in total. The standard InChI is InChI=1S/C38H40O4P2/c1-29-9-17-33(18-10-29)25-43(39,26-34-19-11-30(2)12-20-34)41-37-7-5-6-8-38(37)42-44(40,27-35-21-13-31(3)14-22-35)28-36-23-15-32(4)16-24-36/h5-24H,25-28H2,1-4H3. The molecule has 0 aliphatic carbocycles. The predicted molar refractivity (Wildman–Crippen MR) is 182 cm³/mol. The molecule has 5 rings (SSSR count). The molecule has 0 aromatic heterocycles. The molecule has 226 valence electrons. The molecule has 0 spiro atoms. The van der Waals surface area contributed by atoms with Crippen LogP contribution >= 0.6 is 14.7 Å². The van der Waals surface area contributed by atoms with Gasteiger partial charge in [-0.3, -0.25) is 9.13 Å². The van der Waals surface area contributed by atoms with Crippen LogP contribution in [0.4, 0.5) is 0 Å². The summed E-state index contributed by atoms with van der Waals surface area (Å²) in [7, 11) is -6.64. The van der Waals surface area contributed by atoms with Crippen molar-refractivity contribution in [3.8, 4) is 11.5 Å². The van der Waals surface area contributed by atoms with Crippen LogP contribution in [0.15, 0.2) is 121 Å². The minimum atomic E-state index is -3.32. The van der Waals surface area contributed by atoms with Crippen LogP contribution in [-0.4, -0.2) is 0 Å². The molecular formula is C38H40O4P2. The zero-order chi connectivity index (χ0) is 31.2. The predicted octanol–water partition coefficient (Wildman–Crippen LogP) is 11.0. The first kappa shape index (κ1) is 31.6. The van der Waals surface area contributed by atoms with Crippen molar-refractivity contribution in [1.29, 1.82) is 0 Å². The van der Waals surface area contributed by atoms with E-state index < -0.39 is 14.7 Å². The molecule has 0 saturated heterocycles. The van der Waals surface area contributed by atoms with E-state index in [4.69, 9.17) is 9.05 Å². The Labute approximate surface area is 262 Å². The minimum absolute atomic E-state index is 0.264. The molecule has 5 aromatic rings. The molecule has 0 radical (unpaired) electrons. The lowest BCUT2D eigenvalue weighted by molar-refractivity contribution is 0.443. The largest absolute Gasteiger partial charge is 0.438 e. The van der Waals surface area contributed by atoms with Crippen molar-refractivity contribution in [3.05, 3.63) is 166 Å². The molecule has 0 aliphatic heterocycles. The normalized spacial score (nSPS) is 11.7. The third kappa shape index (κ3) is 8.85. The van der Waals surface area contributed by atoms with E-state index in [0.717, 1.165) is 44.5 Å². The van der Waals surface area contributed by atoms with Crippen molar-refractivity contribution in [3.63, 3.8) is 0 Å². The molecule has 0 heterocycles. The molecule has 44 heavy (non-hydrogen) atoms. The van der Waals surface area contributed by atoms with Crippen LogP contribution < -0.4 is 9.05 Å². The molecule has 0 fully saturated rings. The topological polar surface area (TPSA) is 52.6 Å². The van der Waals surface area contributed by atoms with Gasteiger partial charge in [-0.15, -0.1) is 0 Å². The average molecular weight is 623 g/mol. The van der Waals surface area contributed by atoms with Crippen LogP contribution in [0.3, 0.4) is 0 Å². The van der Waals surface area contributed by atoms with Crippen LogP contribution in [-0.2, 0) is 33.8 Å². The fourth-order valence-corrected chi connectivity index (χ4v) is 9.66. The zero-order valence-electron chi connectivity index (χ0n) is 25.9. The fourth-order valence-electron chi connectivity index (χ4n) is 5.09. The molecule has 0 bridgehead atoms. The van der Waals surface area contributed by atoms with Crippen molar-refractivity contribution in [2.75, 3.05) is 0 Å². The van der Waals surface area contributed by atoms with Gasteiger partial charge in [-0.1, -0.05) is 131 Å². The van der Waals surface area contributed by atoms with E-state index in [2.05, 4.69) is 0 Å². The monoisotopic (exact) mass is 622 g/mol. The van der Waals surface area contributed by atoms with Crippen molar-refractivity contribution in [2.24, 2.45) is 0 Å². The van der Waals surface area contributed by atoms with Gasteiger partial charge in [0.25, 0.3) is 14.7 Å². The molecule has 4 nitrogen and oxygen atoms in total. The molecular weight excluding hydrogens is 582 g/mol. The molecule has 0 saturated carbocycles. The van der Waals surface area contributed by atoms with E-state index in [1.807, 2.05) is 137 Å². The quantitative estimate of drug-likeness (QED) is 0.130. The Morgan fingerprint density at radius 2 is 0.614 bits per heavy atom. The maximum atomic E-state index is 14.7. The lowest BCUT2D eigenvalue weighted by Crippen LogP contribution is -2.05. The highest BCUT2D eigenvalue weighted by Gasteiger charge is 2.31. The van der Waals surface area contributed by atoms with Crippen molar-refractivity contribution >= 4 is 14.7 Å². The molecule has 0 atom stereocenters. The number of benzene rings is 5. The first-order valence-electron chi connectivity index (χ1n) is 14.9. The van der Waals surface area contributed by atoms with Gasteiger partial charge in [0.1, 0.15) is 0 Å². The third-order valence-corrected chi connectivity index (χ3v) is 12.0. The van der Waals surface area contributed by atoms with E-state index in [1.54, 1.807) is 12.1 Å². The van der Waals surface area contributed by atoms with Gasteiger partial charge in [0.15, 0.2) is 11.5 Å². The van der Waals surface area contributed by atoms with Crippen molar-refractivity contribution in [2.45, 2.75) is 52.3 Å². The van der Waals surface area contributed by atoms with Gasteiger partial charge in [-0.2, -0.15) is 0 Å². The lowest BCUT2D eigenvalue weighted by Gasteiger charge is -2.25. The summed E-state index contributed by atoms with van der Waals surface area (Å²) >= 11 is 0. The molecule has 6 heteroatoms. The van der Waals surface area contributed by atoms with Gasteiger partial charge in [0.2, 0.25) is 0 Å². The lowest BCUT2D eigenvalue weighted by atomic mass is 10.2. The second kappa shape index (κ2) is 13.9. The minimum Gasteiger partial charge on any atom is -0.438 e. The Kier molecular flexibility index (Phi) is 9.94. The second-order valence-electron chi connectivity index (χ2n) is 11.8. The van der Waals surface area contributed by atoms with Crippen LogP contribution in [0, 0.1) is 27.7 Å². The number of rotatable bonds is 12. The van der Waals surface area contributed by atoms with E-state index in [-0.39, 0.29) is 24.6 Å². The van der Waals surface area contributed by atoms with Gasteiger partial charge in [-0.05, 0) is 62.1 Å². The summed E-state index contributed by atoms with van der Waals surface area (Å²) in [6.07, 6.45) is 1.06. The van der Waals surface area contributed by atoms with E-state index >= 15 is 0 Å². The summed E-state index contributed by atoms with van der Waals surface area (Å²) in [5, 5.41) is 0. The van der Waals surface area contributed by atoms with E-state index in [0.29, 0.717) is 11.5 Å². The summed E-state index contributed by atoms with van der Waals surface area (Å²) < 4.78 is 42.4. The van der Waals surface area contributed by atoms with Gasteiger partial charge in [-0.25, -0.2) is 0 Å². The highest BCUT2D eigenvalue weighted by Crippen LogP contribution is 2.58. The number of hydrogen-bond acceptors (Lipinski definition) is 4. The van der Waals surface area contributed by atoms with Gasteiger partial charge < -0.3 is 9.05 Å². The van der Waals surface area contributed by atoms with E-state index in [1.165, 1.54) is 0 Å². The Morgan fingerprint density at radius 1 is 0.386 bits per heavy atom. The molecule has 0 unspecified atom stereocenters. The number of hydrogen-bond donors (Lipinski definition) is 0. The van der Waals surface area contributed by atoms with Crippen molar-refractivity contribution in [1.82, 2.24) is 0 Å². The third-order valence-electron chi connectivity index (χ3n) is 7.55. The Hall–Kier alpha value is -3.84. The van der Waals surface area contributed by atoms with Crippen LogP contribution in [0.25, 0.3) is 0 Å². The SMILES string of the molecule is Cc1ccc(CP(=O)(Cc2ccc(C)cc2)Oc2ccccc2OP(=O)(Cc2ccc(C)cc2)Cc2ccc(C)cc2)cc1. The summed E-state index contributed by atoms with van der Waals surface area (Å²) in [5.74, 6) is 0.672. The average Bonchev–Trinajstić information content (AvgIpc) is 2.99. The first-order chi connectivity index (χ1) is 21.1. The number of aryl methyl sites for hydroxylation is 4. The Bertz CT molecular complexity index is 1540. The summed E-state index contributed by atoms with van der Waals surface area (Å²) in [5.41, 5.74) is 8.31. The molecule has 0 amide bonds. The van der Waals surface area contributed by atoms with Crippen LogP contribution in [0.2, 0.25) is 0 Å². The van der Waals surface area contributed by atoms with Crippen LogP contribution in [0.5, 0.6) is 11.5 Å². The Balaban J connectivity index is 1.48. The van der Waals surface area contributed by atoms with Crippen molar-refractivity contribution < 1.29 is 18.2 Å². The molecule has 0 aliphatic rings. The van der Waals surface area contributed by atoms with E-state index in [9.17, 15) is 9.13 Å². The maximum absolute atomic E-state index is 14.7. The maximum Gasteiger partial charge on any atom is 0.256 e. The van der Waals surface area contributed by atoms with Crippen LogP contribution in [0.1, 0.15) is 44.5 Å².